The molecule has 3 heteroatoms. The van der Waals surface area contributed by atoms with Crippen molar-refractivity contribution in [3.05, 3.63) is 0 Å². The molecule has 0 unspecified atom stereocenters. The highest BCUT2D eigenvalue weighted by molar-refractivity contribution is 4.83. The Balaban J connectivity index is 1.58. The SMILES string of the molecule is CC(C)CN1CC(CN2CCNCC2)C1. The average molecular weight is 211 g/mol. The van der Waals surface area contributed by atoms with Crippen molar-refractivity contribution in [1.29, 1.82) is 0 Å². The third-order valence-electron chi connectivity index (χ3n) is 3.38. The zero-order valence-corrected chi connectivity index (χ0v) is 10.2. The number of nitrogens with zero attached hydrogens (tertiary/aromatic N) is 2. The van der Waals surface area contributed by atoms with E-state index in [1.54, 1.807) is 0 Å². The first-order valence-electron chi connectivity index (χ1n) is 6.39. The Morgan fingerprint density at radius 2 is 1.80 bits per heavy atom. The first-order chi connectivity index (χ1) is 7.24. The molecule has 88 valence electrons. The van der Waals surface area contributed by atoms with Gasteiger partial charge in [0.05, 0.1) is 0 Å². The van der Waals surface area contributed by atoms with E-state index < -0.39 is 0 Å². The molecule has 2 saturated heterocycles. The summed E-state index contributed by atoms with van der Waals surface area (Å²) in [6, 6.07) is 0. The molecule has 2 aliphatic heterocycles. The molecule has 0 amide bonds. The van der Waals surface area contributed by atoms with Crippen LogP contribution in [-0.2, 0) is 0 Å². The Labute approximate surface area is 93.8 Å². The molecule has 0 aliphatic carbocycles. The van der Waals surface area contributed by atoms with Gasteiger partial charge in [-0.15, -0.1) is 0 Å². The lowest BCUT2D eigenvalue weighted by molar-refractivity contribution is 0.0545. The van der Waals surface area contributed by atoms with E-state index in [1.165, 1.54) is 52.4 Å². The predicted molar refractivity (Wildman–Crippen MR) is 64.1 cm³/mol. The number of rotatable bonds is 4. The van der Waals surface area contributed by atoms with Gasteiger partial charge in [0.25, 0.3) is 0 Å². The van der Waals surface area contributed by atoms with Crippen molar-refractivity contribution in [1.82, 2.24) is 15.1 Å². The number of likely N-dealkylation sites (tertiary alicyclic amines) is 1. The van der Waals surface area contributed by atoms with Gasteiger partial charge in [-0.05, 0) is 11.8 Å². The quantitative estimate of drug-likeness (QED) is 0.730. The molecule has 0 bridgehead atoms. The Morgan fingerprint density at radius 3 is 2.40 bits per heavy atom. The first-order valence-corrected chi connectivity index (χ1v) is 6.39. The van der Waals surface area contributed by atoms with Crippen LogP contribution in [0.1, 0.15) is 13.8 Å². The van der Waals surface area contributed by atoms with Gasteiger partial charge in [0.2, 0.25) is 0 Å². The minimum atomic E-state index is 0.824. The minimum absolute atomic E-state index is 0.824. The van der Waals surface area contributed by atoms with Gasteiger partial charge in [-0.3, -0.25) is 0 Å². The maximum absolute atomic E-state index is 3.41. The molecule has 0 aromatic carbocycles. The Hall–Kier alpha value is -0.120. The standard InChI is InChI=1S/C12H25N3/c1-11(2)7-15-9-12(10-15)8-14-5-3-13-4-6-14/h11-13H,3-10H2,1-2H3. The smallest absolute Gasteiger partial charge is 0.0108 e. The summed E-state index contributed by atoms with van der Waals surface area (Å²) < 4.78 is 0. The summed E-state index contributed by atoms with van der Waals surface area (Å²) in [5.74, 6) is 1.77. The van der Waals surface area contributed by atoms with Crippen LogP contribution in [0, 0.1) is 11.8 Å². The van der Waals surface area contributed by atoms with Crippen LogP contribution < -0.4 is 5.32 Å². The number of hydrogen-bond donors (Lipinski definition) is 1. The lowest BCUT2D eigenvalue weighted by Crippen LogP contribution is -2.54. The zero-order chi connectivity index (χ0) is 10.7. The van der Waals surface area contributed by atoms with Crippen LogP contribution in [0.3, 0.4) is 0 Å². The Kier molecular flexibility index (Phi) is 4.00. The third-order valence-corrected chi connectivity index (χ3v) is 3.38. The van der Waals surface area contributed by atoms with Crippen molar-refractivity contribution in [3.63, 3.8) is 0 Å². The van der Waals surface area contributed by atoms with E-state index in [2.05, 4.69) is 29.0 Å². The van der Waals surface area contributed by atoms with E-state index in [1.807, 2.05) is 0 Å². The summed E-state index contributed by atoms with van der Waals surface area (Å²) >= 11 is 0. The molecule has 0 aromatic rings. The van der Waals surface area contributed by atoms with Crippen LogP contribution in [-0.4, -0.2) is 62.2 Å². The third kappa shape index (κ3) is 3.44. The molecule has 3 nitrogen and oxygen atoms in total. The second-order valence-corrected chi connectivity index (χ2v) is 5.53. The maximum Gasteiger partial charge on any atom is 0.0108 e. The molecule has 2 rings (SSSR count). The van der Waals surface area contributed by atoms with Gasteiger partial charge in [0.15, 0.2) is 0 Å². The summed E-state index contributed by atoms with van der Waals surface area (Å²) in [7, 11) is 0. The zero-order valence-electron chi connectivity index (χ0n) is 10.2. The van der Waals surface area contributed by atoms with E-state index in [-0.39, 0.29) is 0 Å². The summed E-state index contributed by atoms with van der Waals surface area (Å²) in [5, 5.41) is 3.41. The lowest BCUT2D eigenvalue weighted by atomic mass is 9.97. The van der Waals surface area contributed by atoms with E-state index in [0.717, 1.165) is 11.8 Å². The Morgan fingerprint density at radius 1 is 1.13 bits per heavy atom. The monoisotopic (exact) mass is 211 g/mol. The molecule has 0 atom stereocenters. The average Bonchev–Trinajstić information content (AvgIpc) is 2.15. The second kappa shape index (κ2) is 5.28. The van der Waals surface area contributed by atoms with Gasteiger partial charge in [0.1, 0.15) is 0 Å². The maximum atomic E-state index is 3.41. The van der Waals surface area contributed by atoms with Gasteiger partial charge >= 0.3 is 0 Å². The fraction of sp³-hybridized carbons (Fsp3) is 1.00. The topological polar surface area (TPSA) is 18.5 Å². The van der Waals surface area contributed by atoms with Crippen LogP contribution in [0.25, 0.3) is 0 Å². The van der Waals surface area contributed by atoms with Gasteiger partial charge in [-0.2, -0.15) is 0 Å². The number of nitrogens with one attached hydrogen (secondary N) is 1. The summed E-state index contributed by atoms with van der Waals surface area (Å²) in [6.45, 7) is 14.8. The molecule has 0 radical (unpaired) electrons. The minimum Gasteiger partial charge on any atom is -0.314 e. The van der Waals surface area contributed by atoms with Gasteiger partial charge in [0, 0.05) is 52.4 Å². The molecule has 2 fully saturated rings. The van der Waals surface area contributed by atoms with Crippen molar-refractivity contribution in [2.45, 2.75) is 13.8 Å². The van der Waals surface area contributed by atoms with Crippen molar-refractivity contribution < 1.29 is 0 Å². The van der Waals surface area contributed by atoms with E-state index >= 15 is 0 Å². The summed E-state index contributed by atoms with van der Waals surface area (Å²) in [6.07, 6.45) is 0. The highest BCUT2D eigenvalue weighted by Crippen LogP contribution is 2.18. The van der Waals surface area contributed by atoms with Crippen LogP contribution in [0.2, 0.25) is 0 Å². The van der Waals surface area contributed by atoms with E-state index in [4.69, 9.17) is 0 Å². The highest BCUT2D eigenvalue weighted by Gasteiger charge is 2.28. The van der Waals surface area contributed by atoms with Crippen molar-refractivity contribution >= 4 is 0 Å². The molecule has 2 heterocycles. The predicted octanol–water partition coefficient (Wildman–Crippen LogP) is 0.479. The molecule has 0 saturated carbocycles. The van der Waals surface area contributed by atoms with E-state index in [9.17, 15) is 0 Å². The van der Waals surface area contributed by atoms with E-state index in [0.29, 0.717) is 0 Å². The molecule has 0 aromatic heterocycles. The van der Waals surface area contributed by atoms with Gasteiger partial charge < -0.3 is 15.1 Å². The van der Waals surface area contributed by atoms with Gasteiger partial charge in [-0.1, -0.05) is 13.8 Å². The van der Waals surface area contributed by atoms with Crippen LogP contribution >= 0.6 is 0 Å². The first kappa shape index (κ1) is 11.4. The van der Waals surface area contributed by atoms with Crippen molar-refractivity contribution in [2.75, 3.05) is 52.4 Å². The molecule has 1 N–H and O–H groups in total. The summed E-state index contributed by atoms with van der Waals surface area (Å²) in [4.78, 5) is 5.21. The molecular weight excluding hydrogens is 186 g/mol. The lowest BCUT2D eigenvalue weighted by Gasteiger charge is -2.43. The molecular formula is C12H25N3. The van der Waals surface area contributed by atoms with Crippen molar-refractivity contribution in [2.24, 2.45) is 11.8 Å². The van der Waals surface area contributed by atoms with Crippen LogP contribution in [0.5, 0.6) is 0 Å². The highest BCUT2D eigenvalue weighted by atomic mass is 15.2. The molecule has 2 aliphatic rings. The number of piperazine rings is 1. The van der Waals surface area contributed by atoms with Crippen LogP contribution in [0.15, 0.2) is 0 Å². The molecule has 0 spiro atoms. The van der Waals surface area contributed by atoms with Crippen LogP contribution in [0.4, 0.5) is 0 Å². The number of hydrogen-bond acceptors (Lipinski definition) is 3. The fourth-order valence-electron chi connectivity index (χ4n) is 2.72. The second-order valence-electron chi connectivity index (χ2n) is 5.53. The summed E-state index contributed by atoms with van der Waals surface area (Å²) in [5.41, 5.74) is 0. The Bertz CT molecular complexity index is 181. The van der Waals surface area contributed by atoms with Crippen molar-refractivity contribution in [3.8, 4) is 0 Å². The fourth-order valence-corrected chi connectivity index (χ4v) is 2.72. The van der Waals surface area contributed by atoms with Gasteiger partial charge in [-0.25, -0.2) is 0 Å². The largest absolute Gasteiger partial charge is 0.314 e. The normalized spacial score (nSPS) is 25.8. The molecule has 15 heavy (non-hydrogen) atoms.